The molecule has 5 nitrogen and oxygen atoms in total. The van der Waals surface area contributed by atoms with Gasteiger partial charge in [0.05, 0.1) is 5.02 Å². The standard InChI is InChI=1S/C19H24ClNO4S/c20-16-7-4-5-8-17(16)26(24,25)21-19-14-11-10-13(12-14)15(19)6-2-1-3-9-18(22)23/h2,4-8,13-15,19,21H,1,3,9-12H2,(H,22,23)/b6-2-/t13-,14+,15+,19+/m1/s1. The Labute approximate surface area is 159 Å². The van der Waals surface area contributed by atoms with Crippen LogP contribution in [0.25, 0.3) is 0 Å². The molecular formula is C19H24ClNO4S. The largest absolute Gasteiger partial charge is 0.481 e. The molecule has 0 amide bonds. The molecule has 1 aromatic carbocycles. The molecular weight excluding hydrogens is 374 g/mol. The number of hydrogen-bond donors (Lipinski definition) is 2. The normalized spacial score (nSPS) is 28.0. The zero-order valence-corrected chi connectivity index (χ0v) is 16.0. The number of rotatable bonds is 8. The van der Waals surface area contributed by atoms with E-state index in [4.69, 9.17) is 16.7 Å². The van der Waals surface area contributed by atoms with E-state index in [2.05, 4.69) is 10.8 Å². The lowest BCUT2D eigenvalue weighted by atomic mass is 9.84. The van der Waals surface area contributed by atoms with E-state index in [1.165, 1.54) is 6.07 Å². The molecule has 2 saturated carbocycles. The van der Waals surface area contributed by atoms with E-state index in [0.29, 0.717) is 24.7 Å². The third kappa shape index (κ3) is 4.30. The molecule has 0 aromatic heterocycles. The number of allylic oxidation sites excluding steroid dienone is 1. The fraction of sp³-hybridized carbons (Fsp3) is 0.526. The van der Waals surface area contributed by atoms with Crippen molar-refractivity contribution in [3.8, 4) is 0 Å². The van der Waals surface area contributed by atoms with Gasteiger partial charge in [0.1, 0.15) is 4.90 Å². The molecule has 0 heterocycles. The van der Waals surface area contributed by atoms with Gasteiger partial charge < -0.3 is 5.11 Å². The summed E-state index contributed by atoms with van der Waals surface area (Å²) in [6.07, 6.45) is 8.76. The Morgan fingerprint density at radius 1 is 1.27 bits per heavy atom. The molecule has 26 heavy (non-hydrogen) atoms. The van der Waals surface area contributed by atoms with Crippen LogP contribution in [0.4, 0.5) is 0 Å². The number of sulfonamides is 1. The van der Waals surface area contributed by atoms with Gasteiger partial charge in [-0.05, 0) is 62.0 Å². The molecule has 2 N–H and O–H groups in total. The zero-order chi connectivity index (χ0) is 18.7. The van der Waals surface area contributed by atoms with Crippen molar-refractivity contribution in [3.05, 3.63) is 41.4 Å². The van der Waals surface area contributed by atoms with Crippen molar-refractivity contribution in [1.82, 2.24) is 4.72 Å². The molecule has 142 valence electrons. The van der Waals surface area contributed by atoms with Crippen molar-refractivity contribution < 1.29 is 18.3 Å². The molecule has 2 bridgehead atoms. The molecule has 2 aliphatic rings. The Bertz CT molecular complexity index is 792. The van der Waals surface area contributed by atoms with E-state index >= 15 is 0 Å². The van der Waals surface area contributed by atoms with Crippen LogP contribution < -0.4 is 4.72 Å². The summed E-state index contributed by atoms with van der Waals surface area (Å²) < 4.78 is 28.5. The van der Waals surface area contributed by atoms with Gasteiger partial charge in [0.25, 0.3) is 0 Å². The maximum absolute atomic E-state index is 12.8. The molecule has 0 aliphatic heterocycles. The Hall–Kier alpha value is -1.37. The maximum Gasteiger partial charge on any atom is 0.303 e. The highest BCUT2D eigenvalue weighted by Crippen LogP contribution is 2.49. The molecule has 0 saturated heterocycles. The van der Waals surface area contributed by atoms with Crippen LogP contribution in [0.3, 0.4) is 0 Å². The van der Waals surface area contributed by atoms with Crippen LogP contribution in [0.15, 0.2) is 41.3 Å². The average molecular weight is 398 g/mol. The molecule has 2 aliphatic carbocycles. The Balaban J connectivity index is 1.70. The SMILES string of the molecule is O=C(O)CCC/C=C\[C@H]1[C@@H]2CC[C@@H](C2)[C@@H]1NS(=O)(=O)c1ccccc1Cl. The summed E-state index contributed by atoms with van der Waals surface area (Å²) in [5, 5.41) is 8.92. The topological polar surface area (TPSA) is 83.5 Å². The van der Waals surface area contributed by atoms with Crippen molar-refractivity contribution in [2.45, 2.75) is 49.5 Å². The van der Waals surface area contributed by atoms with E-state index < -0.39 is 16.0 Å². The van der Waals surface area contributed by atoms with E-state index in [1.54, 1.807) is 18.2 Å². The van der Waals surface area contributed by atoms with Gasteiger partial charge in [-0.1, -0.05) is 35.9 Å². The number of carboxylic acid groups (broad SMARTS) is 1. The second-order valence-electron chi connectivity index (χ2n) is 7.20. The predicted octanol–water partition coefficient (Wildman–Crippen LogP) is 3.84. The summed E-state index contributed by atoms with van der Waals surface area (Å²) >= 11 is 6.07. The number of nitrogens with one attached hydrogen (secondary N) is 1. The molecule has 4 atom stereocenters. The molecule has 0 radical (unpaired) electrons. The number of unbranched alkanes of at least 4 members (excludes halogenated alkanes) is 1. The van der Waals surface area contributed by atoms with Gasteiger partial charge in [-0.25, -0.2) is 13.1 Å². The van der Waals surface area contributed by atoms with Crippen LogP contribution >= 0.6 is 11.6 Å². The van der Waals surface area contributed by atoms with Crippen molar-refractivity contribution in [3.63, 3.8) is 0 Å². The van der Waals surface area contributed by atoms with E-state index in [0.717, 1.165) is 19.3 Å². The summed E-state index contributed by atoms with van der Waals surface area (Å²) in [6.45, 7) is 0. The van der Waals surface area contributed by atoms with Gasteiger partial charge in [-0.3, -0.25) is 4.79 Å². The first-order valence-corrected chi connectivity index (χ1v) is 10.9. The lowest BCUT2D eigenvalue weighted by Crippen LogP contribution is -2.43. The third-order valence-corrected chi connectivity index (χ3v) is 7.48. The first-order chi connectivity index (χ1) is 12.4. The number of hydrogen-bond acceptors (Lipinski definition) is 3. The number of fused-ring (bicyclic) bond motifs is 2. The smallest absolute Gasteiger partial charge is 0.303 e. The van der Waals surface area contributed by atoms with E-state index in [9.17, 15) is 13.2 Å². The quantitative estimate of drug-likeness (QED) is 0.515. The molecule has 3 rings (SSSR count). The summed E-state index contributed by atoms with van der Waals surface area (Å²) in [4.78, 5) is 10.7. The van der Waals surface area contributed by atoms with Crippen molar-refractivity contribution >= 4 is 27.6 Å². The van der Waals surface area contributed by atoms with Crippen LogP contribution in [0.5, 0.6) is 0 Å². The Kier molecular flexibility index (Phi) is 6.05. The maximum atomic E-state index is 12.8. The minimum atomic E-state index is -3.67. The van der Waals surface area contributed by atoms with Crippen LogP contribution in [0, 0.1) is 17.8 Å². The third-order valence-electron chi connectivity index (χ3n) is 5.52. The number of halogens is 1. The summed E-state index contributed by atoms with van der Waals surface area (Å²) in [5.74, 6) is 0.222. The second-order valence-corrected chi connectivity index (χ2v) is 9.29. The highest BCUT2D eigenvalue weighted by Gasteiger charge is 2.47. The number of benzene rings is 1. The Morgan fingerprint density at radius 2 is 2.00 bits per heavy atom. The first-order valence-electron chi connectivity index (χ1n) is 9.04. The van der Waals surface area contributed by atoms with Gasteiger partial charge in [0.2, 0.25) is 10.0 Å². The predicted molar refractivity (Wildman–Crippen MR) is 101 cm³/mol. The molecule has 0 spiro atoms. The minimum absolute atomic E-state index is 0.119. The lowest BCUT2D eigenvalue weighted by Gasteiger charge is -2.29. The van der Waals surface area contributed by atoms with E-state index in [-0.39, 0.29) is 28.3 Å². The highest BCUT2D eigenvalue weighted by atomic mass is 35.5. The summed E-state index contributed by atoms with van der Waals surface area (Å²) in [6, 6.07) is 6.36. The van der Waals surface area contributed by atoms with Gasteiger partial charge in [0.15, 0.2) is 0 Å². The van der Waals surface area contributed by atoms with Crippen LogP contribution in [-0.4, -0.2) is 25.5 Å². The average Bonchev–Trinajstić information content (AvgIpc) is 3.16. The number of aliphatic carboxylic acids is 1. The second kappa shape index (κ2) is 8.11. The highest BCUT2D eigenvalue weighted by molar-refractivity contribution is 7.89. The number of carbonyl (C=O) groups is 1. The first kappa shape index (κ1) is 19.4. The van der Waals surface area contributed by atoms with Crippen LogP contribution in [0.1, 0.15) is 38.5 Å². The van der Waals surface area contributed by atoms with Crippen molar-refractivity contribution in [2.24, 2.45) is 17.8 Å². The minimum Gasteiger partial charge on any atom is -0.481 e. The molecule has 0 unspecified atom stereocenters. The summed E-state index contributed by atoms with van der Waals surface area (Å²) in [5.41, 5.74) is 0. The zero-order valence-electron chi connectivity index (χ0n) is 14.5. The van der Waals surface area contributed by atoms with Crippen LogP contribution in [0.2, 0.25) is 5.02 Å². The Morgan fingerprint density at radius 3 is 2.73 bits per heavy atom. The van der Waals surface area contributed by atoms with E-state index in [1.807, 2.05) is 6.08 Å². The van der Waals surface area contributed by atoms with Gasteiger partial charge in [-0.15, -0.1) is 0 Å². The van der Waals surface area contributed by atoms with Crippen molar-refractivity contribution in [2.75, 3.05) is 0 Å². The fourth-order valence-electron chi connectivity index (χ4n) is 4.32. The monoisotopic (exact) mass is 397 g/mol. The molecule has 1 aromatic rings. The molecule has 2 fully saturated rings. The fourth-order valence-corrected chi connectivity index (χ4v) is 6.18. The van der Waals surface area contributed by atoms with Gasteiger partial charge in [0, 0.05) is 12.5 Å². The van der Waals surface area contributed by atoms with Crippen molar-refractivity contribution in [1.29, 1.82) is 0 Å². The van der Waals surface area contributed by atoms with Crippen LogP contribution in [-0.2, 0) is 14.8 Å². The van der Waals surface area contributed by atoms with Gasteiger partial charge in [-0.2, -0.15) is 0 Å². The summed E-state index contributed by atoms with van der Waals surface area (Å²) in [7, 11) is -3.67. The van der Waals surface area contributed by atoms with Gasteiger partial charge >= 0.3 is 5.97 Å². The lowest BCUT2D eigenvalue weighted by molar-refractivity contribution is -0.137. The molecule has 7 heteroatoms. The number of carboxylic acids is 1.